The molecular formula is C24H34IN3O4S. The molecule has 2 aliphatic heterocycles. The van der Waals surface area contributed by atoms with Crippen molar-refractivity contribution in [1.82, 2.24) is 15.5 Å². The highest BCUT2D eigenvalue weighted by atomic mass is 127. The van der Waals surface area contributed by atoms with Crippen molar-refractivity contribution in [2.75, 3.05) is 24.1 Å². The number of amides is 1. The van der Waals surface area contributed by atoms with Gasteiger partial charge in [0.05, 0.1) is 12.1 Å². The second-order valence-corrected chi connectivity index (χ2v) is 11.7. The third-order valence-electron chi connectivity index (χ3n) is 5.92. The maximum Gasteiger partial charge on any atom is 0.209 e. The Hall–Kier alpha value is -1.40. The Morgan fingerprint density at radius 2 is 2.09 bits per heavy atom. The number of nitrogens with zero attached hydrogens (tertiary/aromatic N) is 1. The van der Waals surface area contributed by atoms with Crippen LogP contribution in [0.15, 0.2) is 47.5 Å². The van der Waals surface area contributed by atoms with Gasteiger partial charge in [0.25, 0.3) is 0 Å². The summed E-state index contributed by atoms with van der Waals surface area (Å²) in [5.41, 5.74) is 1.58. The lowest BCUT2D eigenvalue weighted by Gasteiger charge is -2.27. The van der Waals surface area contributed by atoms with Gasteiger partial charge in [0.2, 0.25) is 17.5 Å². The lowest BCUT2D eigenvalue weighted by molar-refractivity contribution is -0.118. The Morgan fingerprint density at radius 3 is 2.70 bits per heavy atom. The van der Waals surface area contributed by atoms with E-state index in [2.05, 4.69) is 20.7 Å². The quantitative estimate of drug-likeness (QED) is 0.0878. The fourth-order valence-electron chi connectivity index (χ4n) is 3.94. The van der Waals surface area contributed by atoms with Crippen LogP contribution < -0.4 is 10.6 Å². The van der Waals surface area contributed by atoms with Gasteiger partial charge in [0.15, 0.2) is 0 Å². The van der Waals surface area contributed by atoms with E-state index in [1.165, 1.54) is 4.43 Å². The number of rotatable bonds is 14. The van der Waals surface area contributed by atoms with Crippen molar-refractivity contribution >= 4 is 47.8 Å². The minimum Gasteiger partial charge on any atom is -0.391 e. The van der Waals surface area contributed by atoms with Crippen LogP contribution in [0.5, 0.6) is 0 Å². The van der Waals surface area contributed by atoms with Crippen LogP contribution in [0.2, 0.25) is 0 Å². The molecule has 0 aliphatic carbocycles. The highest BCUT2D eigenvalue weighted by Gasteiger charge is 2.30. The molecule has 2 aliphatic rings. The number of carbonyl (C=O) groups is 1. The fraction of sp³-hybridized carbons (Fsp3) is 0.500. The summed E-state index contributed by atoms with van der Waals surface area (Å²) in [7, 11) is 0. The standard InChI is InChI=1S/C24H34IN3O4S/c1-2-12-26-24(33(31)32)20(18-6-4-3-5-7-18)10-13-28(17-29)14-11-23(30)22-9-8-21(27-22)19-15-25-16-19/h3-9,15,17,19,21-23,26-27,30H,2,10-14,16H2,1H3,(H,31,32). The molecule has 2 heterocycles. The Morgan fingerprint density at radius 1 is 1.33 bits per heavy atom. The Labute approximate surface area is 208 Å². The van der Waals surface area contributed by atoms with Gasteiger partial charge in [-0.2, -0.15) is 0 Å². The maximum atomic E-state index is 12.1. The number of alkyl halides is 1. The first-order chi connectivity index (χ1) is 16.0. The van der Waals surface area contributed by atoms with Gasteiger partial charge < -0.3 is 25.2 Å². The van der Waals surface area contributed by atoms with Crippen LogP contribution in [-0.2, 0) is 15.9 Å². The summed E-state index contributed by atoms with van der Waals surface area (Å²) in [6, 6.07) is 9.72. The van der Waals surface area contributed by atoms with E-state index in [0.29, 0.717) is 65.2 Å². The smallest absolute Gasteiger partial charge is 0.209 e. The topological polar surface area (TPSA) is 102 Å². The zero-order chi connectivity index (χ0) is 23.6. The lowest BCUT2D eigenvalue weighted by Crippen LogP contribution is -2.45. The fourth-order valence-corrected chi connectivity index (χ4v) is 6.68. The number of hydrogen-bond acceptors (Lipinski definition) is 5. The zero-order valence-corrected chi connectivity index (χ0v) is 21.9. The molecule has 5 atom stereocenters. The second-order valence-electron chi connectivity index (χ2n) is 8.30. The molecule has 3 rings (SSSR count). The largest absolute Gasteiger partial charge is 0.391 e. The van der Waals surface area contributed by atoms with Gasteiger partial charge in [-0.25, -0.2) is 4.21 Å². The van der Waals surface area contributed by atoms with E-state index in [0.717, 1.165) is 24.0 Å². The summed E-state index contributed by atoms with van der Waals surface area (Å²) < 4.78 is 25.7. The Kier molecular flexibility index (Phi) is 10.7. The molecule has 0 aromatic heterocycles. The first-order valence-corrected chi connectivity index (χ1v) is 15.3. The monoisotopic (exact) mass is 587 g/mol. The molecule has 7 nitrogen and oxygen atoms in total. The first kappa shape index (κ1) is 26.2. The van der Waals surface area contributed by atoms with E-state index in [9.17, 15) is 18.7 Å². The third-order valence-corrected chi connectivity index (χ3v) is 9.62. The predicted molar refractivity (Wildman–Crippen MR) is 144 cm³/mol. The van der Waals surface area contributed by atoms with Gasteiger partial charge in [-0.05, 0) is 34.4 Å². The molecule has 0 radical (unpaired) electrons. The molecule has 0 saturated heterocycles. The summed E-state index contributed by atoms with van der Waals surface area (Å²) in [4.78, 5) is 13.4. The summed E-state index contributed by atoms with van der Waals surface area (Å²) in [6.07, 6.45) is 6.15. The molecule has 1 aromatic rings. The van der Waals surface area contributed by atoms with Crippen molar-refractivity contribution in [3.63, 3.8) is 0 Å². The normalized spacial score (nSPS) is 24.3. The van der Waals surface area contributed by atoms with Gasteiger partial charge >= 0.3 is 0 Å². The van der Waals surface area contributed by atoms with E-state index < -0.39 is 17.2 Å². The number of carbonyl (C=O) groups excluding carboxylic acids is 1. The average molecular weight is 588 g/mol. The molecule has 0 fully saturated rings. The molecule has 0 saturated carbocycles. The van der Waals surface area contributed by atoms with Crippen molar-refractivity contribution in [3.8, 4) is 0 Å². The number of aliphatic hydroxyl groups is 1. The average Bonchev–Trinajstić information content (AvgIpc) is 3.26. The van der Waals surface area contributed by atoms with Crippen LogP contribution in [0, 0.1) is 5.92 Å². The van der Waals surface area contributed by atoms with Crippen LogP contribution in [0.4, 0.5) is 0 Å². The van der Waals surface area contributed by atoms with Crippen molar-refractivity contribution in [2.45, 2.75) is 44.4 Å². The number of aliphatic hydroxyl groups excluding tert-OH is 1. The molecule has 1 aromatic carbocycles. The number of nitrogens with one attached hydrogen (secondary N) is 2. The molecule has 9 heteroatoms. The minimum atomic E-state index is -2.16. The summed E-state index contributed by atoms with van der Waals surface area (Å²) in [5.74, 6) is 0.605. The third kappa shape index (κ3) is 7.54. The van der Waals surface area contributed by atoms with E-state index in [4.69, 9.17) is 0 Å². The van der Waals surface area contributed by atoms with Crippen molar-refractivity contribution in [2.24, 2.45) is 5.92 Å². The highest BCUT2D eigenvalue weighted by molar-refractivity contribution is 14.2. The minimum absolute atomic E-state index is 0.0860. The van der Waals surface area contributed by atoms with Crippen molar-refractivity contribution in [3.05, 3.63) is 53.1 Å². The number of benzene rings is 1. The molecule has 33 heavy (non-hydrogen) atoms. The summed E-state index contributed by atoms with van der Waals surface area (Å²) >= 11 is -1.87. The number of halogens is 1. The van der Waals surface area contributed by atoms with Gasteiger partial charge in [0, 0.05) is 36.0 Å². The molecule has 0 spiro atoms. The van der Waals surface area contributed by atoms with E-state index in [1.54, 1.807) is 4.90 Å². The molecule has 5 unspecified atom stereocenters. The zero-order valence-electron chi connectivity index (χ0n) is 18.9. The summed E-state index contributed by atoms with van der Waals surface area (Å²) in [6.45, 7) is 3.40. The second kappa shape index (κ2) is 13.5. The predicted octanol–water partition coefficient (Wildman–Crippen LogP) is 2.48. The highest BCUT2D eigenvalue weighted by Crippen LogP contribution is 2.26. The van der Waals surface area contributed by atoms with E-state index in [-0.39, 0.29) is 11.1 Å². The van der Waals surface area contributed by atoms with Crippen LogP contribution in [0.1, 0.15) is 31.7 Å². The van der Waals surface area contributed by atoms with Gasteiger partial charge in [-0.1, -0.05) is 49.4 Å². The van der Waals surface area contributed by atoms with E-state index >= 15 is 0 Å². The first-order valence-electron chi connectivity index (χ1n) is 11.4. The molecule has 1 amide bonds. The molecular weight excluding hydrogens is 553 g/mol. The van der Waals surface area contributed by atoms with Gasteiger partial charge in [-0.15, -0.1) is 20.7 Å². The lowest BCUT2D eigenvalue weighted by atomic mass is 10.0. The van der Waals surface area contributed by atoms with Crippen molar-refractivity contribution in [1.29, 1.82) is 0 Å². The molecule has 182 valence electrons. The van der Waals surface area contributed by atoms with E-state index in [1.807, 2.05) is 43.3 Å². The van der Waals surface area contributed by atoms with Crippen LogP contribution >= 0.6 is 20.7 Å². The maximum absolute atomic E-state index is 12.1. The summed E-state index contributed by atoms with van der Waals surface area (Å²) in [5, 5.41) is 17.5. The van der Waals surface area contributed by atoms with Gasteiger partial charge in [0.1, 0.15) is 5.03 Å². The number of hydrogen-bond donors (Lipinski definition) is 4. The van der Waals surface area contributed by atoms with Crippen molar-refractivity contribution < 1.29 is 18.7 Å². The van der Waals surface area contributed by atoms with Crippen LogP contribution in [-0.4, -0.2) is 71.4 Å². The van der Waals surface area contributed by atoms with Crippen LogP contribution in [0.25, 0.3) is 5.57 Å². The Bertz CT molecular complexity index is 893. The Balaban J connectivity index is 1.59. The van der Waals surface area contributed by atoms with Gasteiger partial charge in [-0.3, -0.25) is 4.79 Å². The molecule has 4 N–H and O–H groups in total. The SMILES string of the molecule is CCCNC(=C(CCN(C=O)CCC(O)C1C=CC(C2C=IC2)N1)c1ccccc1)S(=O)O. The van der Waals surface area contributed by atoms with Crippen LogP contribution in [0.3, 0.4) is 0 Å². The molecule has 0 bridgehead atoms.